The number of amides is 1. The fourth-order valence-corrected chi connectivity index (χ4v) is 3.13. The number of nitrogens with one attached hydrogen (secondary N) is 2. The second-order valence-electron chi connectivity index (χ2n) is 8.11. The van der Waals surface area contributed by atoms with Crippen LogP contribution in [0.15, 0.2) is 35.1 Å². The predicted molar refractivity (Wildman–Crippen MR) is 110 cm³/mol. The Labute approximate surface area is 174 Å². The summed E-state index contributed by atoms with van der Waals surface area (Å²) in [6.07, 6.45) is -0.360. The van der Waals surface area contributed by atoms with E-state index in [0.29, 0.717) is 43.5 Å². The molecule has 30 heavy (non-hydrogen) atoms. The zero-order valence-electron chi connectivity index (χ0n) is 17.4. The number of hydrogen-bond donors (Lipinski definition) is 2. The van der Waals surface area contributed by atoms with Crippen molar-refractivity contribution in [2.75, 3.05) is 31.2 Å². The van der Waals surface area contributed by atoms with Crippen molar-refractivity contribution in [3.63, 3.8) is 0 Å². The van der Waals surface area contributed by atoms with Gasteiger partial charge in [-0.05, 0) is 38.5 Å². The molecule has 1 saturated heterocycles. The van der Waals surface area contributed by atoms with Gasteiger partial charge in [0.05, 0.1) is 24.9 Å². The van der Waals surface area contributed by atoms with Crippen molar-refractivity contribution in [1.29, 1.82) is 0 Å². The molecule has 0 aliphatic carbocycles. The number of benzene rings is 1. The molecule has 2 N–H and O–H groups in total. The Balaban J connectivity index is 1.84. The molecule has 0 spiro atoms. The number of aromatic nitrogens is 2. The smallest absolute Gasteiger partial charge is 0.408 e. The number of carbonyl (C=O) groups is 1. The number of morpholine rings is 1. The van der Waals surface area contributed by atoms with Crippen molar-refractivity contribution in [1.82, 2.24) is 15.3 Å². The minimum absolute atomic E-state index is 0.242. The van der Waals surface area contributed by atoms with Crippen LogP contribution in [0.3, 0.4) is 0 Å². The van der Waals surface area contributed by atoms with Gasteiger partial charge in [-0.15, -0.1) is 0 Å². The average molecular weight is 418 g/mol. The minimum atomic E-state index is -0.664. The fraction of sp³-hybridized carbons (Fsp3) is 0.476. The Morgan fingerprint density at radius 2 is 1.97 bits per heavy atom. The van der Waals surface area contributed by atoms with E-state index >= 15 is 0 Å². The number of H-pyrrole nitrogens is 1. The molecular weight excluding hydrogens is 391 g/mol. The van der Waals surface area contributed by atoms with Crippen molar-refractivity contribution in [3.05, 3.63) is 57.8 Å². The number of hydrogen-bond acceptors (Lipinski definition) is 6. The Morgan fingerprint density at radius 3 is 2.60 bits per heavy atom. The highest BCUT2D eigenvalue weighted by Gasteiger charge is 2.22. The summed E-state index contributed by atoms with van der Waals surface area (Å²) in [7, 11) is 0. The number of aromatic amines is 1. The zero-order chi connectivity index (χ0) is 21.7. The van der Waals surface area contributed by atoms with E-state index in [9.17, 15) is 14.0 Å². The third kappa shape index (κ3) is 6.28. The van der Waals surface area contributed by atoms with Crippen LogP contribution < -0.4 is 15.8 Å². The van der Waals surface area contributed by atoms with Gasteiger partial charge in [-0.3, -0.25) is 9.78 Å². The molecule has 0 radical (unpaired) electrons. The van der Waals surface area contributed by atoms with Gasteiger partial charge in [-0.25, -0.2) is 14.2 Å². The highest BCUT2D eigenvalue weighted by atomic mass is 19.1. The first-order valence-electron chi connectivity index (χ1n) is 9.87. The predicted octanol–water partition coefficient (Wildman–Crippen LogP) is 2.55. The molecule has 3 rings (SSSR count). The van der Waals surface area contributed by atoms with Gasteiger partial charge in [-0.2, -0.15) is 0 Å². The monoisotopic (exact) mass is 418 g/mol. The average Bonchev–Trinajstić information content (AvgIpc) is 2.67. The van der Waals surface area contributed by atoms with E-state index in [0.717, 1.165) is 0 Å². The summed E-state index contributed by atoms with van der Waals surface area (Å²) in [5.41, 5.74) is 0.239. The molecular formula is C21H27FN4O4. The lowest BCUT2D eigenvalue weighted by Gasteiger charge is -2.27. The molecule has 1 aliphatic rings. The Kier molecular flexibility index (Phi) is 6.71. The van der Waals surface area contributed by atoms with Gasteiger partial charge >= 0.3 is 6.09 Å². The molecule has 1 aliphatic heterocycles. The molecule has 162 valence electrons. The molecule has 2 aromatic rings. The van der Waals surface area contributed by atoms with Gasteiger partial charge in [0.25, 0.3) is 5.56 Å². The summed E-state index contributed by atoms with van der Waals surface area (Å²) >= 11 is 0. The summed E-state index contributed by atoms with van der Waals surface area (Å²) in [6.45, 7) is 7.69. The van der Waals surface area contributed by atoms with E-state index in [1.165, 1.54) is 18.2 Å². The molecule has 1 fully saturated rings. The standard InChI is InChI=1S/C21H27FN4O4/c1-21(2,3)30-20(28)24-17(14-4-6-15(22)7-5-14)12-16-13-18(27)25-19(23-16)26-8-10-29-11-9-26/h4-7,13,17H,8-12H2,1-3H3,(H,24,28)(H,23,25,27)/t17-/m0/s1. The second kappa shape index (κ2) is 9.25. The van der Waals surface area contributed by atoms with Gasteiger partial charge < -0.3 is 19.7 Å². The van der Waals surface area contributed by atoms with Crippen LogP contribution in [0.2, 0.25) is 0 Å². The molecule has 8 nitrogen and oxygen atoms in total. The number of halogens is 1. The van der Waals surface area contributed by atoms with Crippen LogP contribution in [0, 0.1) is 5.82 Å². The Bertz CT molecular complexity index is 918. The number of rotatable bonds is 5. The molecule has 1 atom stereocenters. The SMILES string of the molecule is CC(C)(C)OC(=O)N[C@@H](Cc1cc(=O)[nH]c(N2CCOCC2)n1)c1ccc(F)cc1. The maximum absolute atomic E-state index is 13.4. The van der Waals surface area contributed by atoms with E-state index in [1.54, 1.807) is 32.9 Å². The number of carbonyl (C=O) groups excluding carboxylic acids is 1. The third-order valence-corrected chi connectivity index (χ3v) is 4.47. The largest absolute Gasteiger partial charge is 0.444 e. The van der Waals surface area contributed by atoms with Crippen molar-refractivity contribution < 1.29 is 18.7 Å². The number of alkyl carbamates (subject to hydrolysis) is 1. The highest BCUT2D eigenvalue weighted by molar-refractivity contribution is 5.68. The molecule has 0 unspecified atom stereocenters. The lowest BCUT2D eigenvalue weighted by molar-refractivity contribution is 0.0503. The summed E-state index contributed by atoms with van der Waals surface area (Å²) in [5.74, 6) is 0.0922. The van der Waals surface area contributed by atoms with Crippen LogP contribution in [0.4, 0.5) is 15.1 Å². The number of ether oxygens (including phenoxy) is 2. The molecule has 9 heteroatoms. The summed E-state index contributed by atoms with van der Waals surface area (Å²) in [4.78, 5) is 33.8. The Hall–Kier alpha value is -2.94. The first-order valence-corrected chi connectivity index (χ1v) is 9.87. The van der Waals surface area contributed by atoms with E-state index < -0.39 is 17.7 Å². The van der Waals surface area contributed by atoms with E-state index in [2.05, 4.69) is 15.3 Å². The van der Waals surface area contributed by atoms with Gasteiger partial charge in [0.1, 0.15) is 11.4 Å². The summed E-state index contributed by atoms with van der Waals surface area (Å²) < 4.78 is 24.1. The molecule has 2 heterocycles. The third-order valence-electron chi connectivity index (χ3n) is 4.47. The van der Waals surface area contributed by atoms with Crippen molar-refractivity contribution >= 4 is 12.0 Å². The van der Waals surface area contributed by atoms with Crippen LogP contribution in [0.25, 0.3) is 0 Å². The first kappa shape index (κ1) is 21.8. The lowest BCUT2D eigenvalue weighted by Crippen LogP contribution is -2.39. The lowest BCUT2D eigenvalue weighted by atomic mass is 10.0. The van der Waals surface area contributed by atoms with Gasteiger partial charge in [0.15, 0.2) is 0 Å². The van der Waals surface area contributed by atoms with E-state index in [-0.39, 0.29) is 17.8 Å². The molecule has 0 saturated carbocycles. The van der Waals surface area contributed by atoms with Crippen LogP contribution in [-0.2, 0) is 15.9 Å². The van der Waals surface area contributed by atoms with Gasteiger partial charge in [0.2, 0.25) is 5.95 Å². The number of nitrogens with zero attached hydrogens (tertiary/aromatic N) is 2. The Morgan fingerprint density at radius 1 is 1.30 bits per heavy atom. The van der Waals surface area contributed by atoms with Crippen LogP contribution in [0.5, 0.6) is 0 Å². The highest BCUT2D eigenvalue weighted by Crippen LogP contribution is 2.20. The van der Waals surface area contributed by atoms with Gasteiger partial charge in [0, 0.05) is 25.6 Å². The molecule has 0 bridgehead atoms. The molecule has 1 aromatic heterocycles. The second-order valence-corrected chi connectivity index (χ2v) is 8.11. The molecule has 1 amide bonds. The zero-order valence-corrected chi connectivity index (χ0v) is 17.4. The van der Waals surface area contributed by atoms with Crippen molar-refractivity contribution in [3.8, 4) is 0 Å². The topological polar surface area (TPSA) is 96.5 Å². The maximum Gasteiger partial charge on any atom is 0.408 e. The van der Waals surface area contributed by atoms with Crippen molar-refractivity contribution in [2.24, 2.45) is 0 Å². The van der Waals surface area contributed by atoms with Crippen molar-refractivity contribution in [2.45, 2.75) is 38.8 Å². The normalized spacial score (nSPS) is 15.5. The summed E-state index contributed by atoms with van der Waals surface area (Å²) in [5, 5.41) is 2.81. The van der Waals surface area contributed by atoms with Crippen LogP contribution in [-0.4, -0.2) is 48.0 Å². The van der Waals surface area contributed by atoms with E-state index in [1.807, 2.05) is 4.90 Å². The number of anilines is 1. The quantitative estimate of drug-likeness (QED) is 0.775. The minimum Gasteiger partial charge on any atom is -0.444 e. The van der Waals surface area contributed by atoms with E-state index in [4.69, 9.17) is 9.47 Å². The first-order chi connectivity index (χ1) is 14.2. The molecule has 1 aromatic carbocycles. The van der Waals surface area contributed by atoms with Crippen LogP contribution in [0.1, 0.15) is 38.1 Å². The van der Waals surface area contributed by atoms with Crippen LogP contribution >= 0.6 is 0 Å². The van der Waals surface area contributed by atoms with Gasteiger partial charge in [-0.1, -0.05) is 12.1 Å². The fourth-order valence-electron chi connectivity index (χ4n) is 3.13. The summed E-state index contributed by atoms with van der Waals surface area (Å²) in [6, 6.07) is 6.68. The maximum atomic E-state index is 13.4.